The van der Waals surface area contributed by atoms with Crippen molar-refractivity contribution in [3.63, 3.8) is 0 Å². The zero-order valence-corrected chi connectivity index (χ0v) is 12.1. The highest BCUT2D eigenvalue weighted by molar-refractivity contribution is 5.92. The van der Waals surface area contributed by atoms with Gasteiger partial charge in [0.15, 0.2) is 18.1 Å². The molecule has 2 rings (SSSR count). The molecule has 0 atom stereocenters. The normalized spacial score (nSPS) is 11.1. The summed E-state index contributed by atoms with van der Waals surface area (Å²) in [6.45, 7) is 0.905. The predicted molar refractivity (Wildman–Crippen MR) is 78.4 cm³/mol. The molecule has 0 radical (unpaired) electrons. The first-order chi connectivity index (χ1) is 10.8. The topological polar surface area (TPSA) is 58.6 Å². The first-order valence-electron chi connectivity index (χ1n) is 6.66. The lowest BCUT2D eigenvalue weighted by atomic mass is 10.1. The van der Waals surface area contributed by atoms with Crippen LogP contribution in [0.5, 0.6) is 11.5 Å². The van der Waals surface area contributed by atoms with Gasteiger partial charge in [0.25, 0.3) is 5.91 Å². The molecule has 0 saturated heterocycles. The van der Waals surface area contributed by atoms with Gasteiger partial charge in [-0.25, -0.2) is 0 Å². The largest absolute Gasteiger partial charge is 0.504 e. The second kappa shape index (κ2) is 6.60. The van der Waals surface area contributed by atoms with E-state index in [4.69, 9.17) is 4.74 Å². The molecule has 0 aliphatic rings. The van der Waals surface area contributed by atoms with Crippen LogP contribution in [-0.4, -0.2) is 17.6 Å². The number of para-hydroxylation sites is 2. The lowest BCUT2D eigenvalue weighted by Gasteiger charge is -2.13. The monoisotopic (exact) mass is 325 g/mol. The maximum absolute atomic E-state index is 12.8. The van der Waals surface area contributed by atoms with Gasteiger partial charge in [-0.2, -0.15) is 13.2 Å². The number of nitrogens with one attached hydrogen (secondary N) is 1. The highest BCUT2D eigenvalue weighted by Crippen LogP contribution is 2.33. The van der Waals surface area contributed by atoms with Gasteiger partial charge in [0.2, 0.25) is 0 Å². The van der Waals surface area contributed by atoms with E-state index in [1.54, 1.807) is 12.1 Å². The van der Waals surface area contributed by atoms with Crippen molar-refractivity contribution in [1.82, 2.24) is 0 Å². The summed E-state index contributed by atoms with van der Waals surface area (Å²) < 4.78 is 43.6. The molecule has 7 heteroatoms. The Bertz CT molecular complexity index is 714. The quantitative estimate of drug-likeness (QED) is 0.900. The summed E-state index contributed by atoms with van der Waals surface area (Å²) in [7, 11) is 0. The number of amides is 1. The Hall–Kier alpha value is -2.70. The van der Waals surface area contributed by atoms with Crippen LogP contribution in [0.15, 0.2) is 42.5 Å². The molecule has 1 amide bonds. The van der Waals surface area contributed by atoms with E-state index >= 15 is 0 Å². The highest BCUT2D eigenvalue weighted by Gasteiger charge is 2.32. The molecule has 0 aromatic heterocycles. The van der Waals surface area contributed by atoms with E-state index in [2.05, 4.69) is 5.32 Å². The average molecular weight is 325 g/mol. The van der Waals surface area contributed by atoms with E-state index in [9.17, 15) is 23.1 Å². The Morgan fingerprint density at radius 3 is 2.57 bits per heavy atom. The first-order valence-corrected chi connectivity index (χ1v) is 6.66. The number of benzene rings is 2. The maximum atomic E-state index is 12.8. The lowest BCUT2D eigenvalue weighted by Crippen LogP contribution is -2.20. The molecule has 23 heavy (non-hydrogen) atoms. The number of ether oxygens (including phenoxy) is 1. The number of carbonyl (C=O) groups excluding carboxylic acids is 1. The SMILES string of the molecule is Cc1ccc(NC(=O)COc2ccccc2O)cc1C(F)(F)F. The molecule has 0 bridgehead atoms. The Balaban J connectivity index is 2.02. The predicted octanol–water partition coefficient (Wildman–Crippen LogP) is 3.74. The van der Waals surface area contributed by atoms with Gasteiger partial charge < -0.3 is 15.2 Å². The molecule has 2 N–H and O–H groups in total. The Kier molecular flexibility index (Phi) is 4.78. The third-order valence-electron chi connectivity index (χ3n) is 3.05. The van der Waals surface area contributed by atoms with Crippen LogP contribution in [0.4, 0.5) is 18.9 Å². The summed E-state index contributed by atoms with van der Waals surface area (Å²) in [6, 6.07) is 9.59. The molecule has 2 aromatic carbocycles. The van der Waals surface area contributed by atoms with E-state index in [1.807, 2.05) is 0 Å². The third kappa shape index (κ3) is 4.38. The van der Waals surface area contributed by atoms with Crippen LogP contribution in [0.25, 0.3) is 0 Å². The molecular formula is C16H14F3NO3. The Labute approximate surface area is 130 Å². The summed E-state index contributed by atoms with van der Waals surface area (Å²) in [5.41, 5.74) is -0.716. The number of aromatic hydroxyl groups is 1. The van der Waals surface area contributed by atoms with E-state index in [0.29, 0.717) is 0 Å². The van der Waals surface area contributed by atoms with Gasteiger partial charge in [-0.15, -0.1) is 0 Å². The van der Waals surface area contributed by atoms with E-state index in [0.717, 1.165) is 6.07 Å². The van der Waals surface area contributed by atoms with Crippen LogP contribution >= 0.6 is 0 Å². The van der Waals surface area contributed by atoms with Crippen LogP contribution in [-0.2, 0) is 11.0 Å². The molecule has 2 aromatic rings. The van der Waals surface area contributed by atoms with Crippen molar-refractivity contribution in [2.24, 2.45) is 0 Å². The summed E-state index contributed by atoms with van der Waals surface area (Å²) in [5.74, 6) is -0.650. The molecular weight excluding hydrogens is 311 g/mol. The molecule has 0 unspecified atom stereocenters. The van der Waals surface area contributed by atoms with E-state index < -0.39 is 24.3 Å². The number of alkyl halides is 3. The second-order valence-electron chi connectivity index (χ2n) is 4.83. The van der Waals surface area contributed by atoms with Gasteiger partial charge in [0.05, 0.1) is 5.56 Å². The first kappa shape index (κ1) is 16.7. The summed E-state index contributed by atoms with van der Waals surface area (Å²) in [6.07, 6.45) is -4.49. The molecule has 0 aliphatic carbocycles. The lowest BCUT2D eigenvalue weighted by molar-refractivity contribution is -0.138. The van der Waals surface area contributed by atoms with Crippen molar-refractivity contribution >= 4 is 11.6 Å². The average Bonchev–Trinajstić information content (AvgIpc) is 2.47. The highest BCUT2D eigenvalue weighted by atomic mass is 19.4. The van der Waals surface area contributed by atoms with Crippen LogP contribution < -0.4 is 10.1 Å². The van der Waals surface area contributed by atoms with Gasteiger partial charge >= 0.3 is 6.18 Å². The van der Waals surface area contributed by atoms with Gasteiger partial charge in [0.1, 0.15) is 0 Å². The number of rotatable bonds is 4. The number of phenolic OH excluding ortho intramolecular Hbond substituents is 1. The molecule has 0 heterocycles. The van der Waals surface area contributed by atoms with Crippen LogP contribution in [0.2, 0.25) is 0 Å². The molecule has 0 aliphatic heterocycles. The zero-order chi connectivity index (χ0) is 17.0. The minimum Gasteiger partial charge on any atom is -0.504 e. The number of halogens is 3. The molecule has 0 fully saturated rings. The van der Waals surface area contributed by atoms with E-state index in [-0.39, 0.29) is 22.7 Å². The van der Waals surface area contributed by atoms with Crippen molar-refractivity contribution < 1.29 is 27.8 Å². The van der Waals surface area contributed by atoms with E-state index in [1.165, 1.54) is 31.2 Å². The van der Waals surface area contributed by atoms with Crippen LogP contribution in [0, 0.1) is 6.92 Å². The second-order valence-corrected chi connectivity index (χ2v) is 4.83. The summed E-state index contributed by atoms with van der Waals surface area (Å²) in [5, 5.41) is 11.8. The fourth-order valence-electron chi connectivity index (χ4n) is 1.92. The molecule has 122 valence electrons. The van der Waals surface area contributed by atoms with Gasteiger partial charge in [-0.1, -0.05) is 18.2 Å². The minimum absolute atomic E-state index is 0.0220. The number of phenols is 1. The standard InChI is InChI=1S/C16H14F3NO3/c1-10-6-7-11(8-12(10)16(17,18)19)20-15(22)9-23-14-5-3-2-4-13(14)21/h2-8,21H,9H2,1H3,(H,20,22). The van der Waals surface area contributed by atoms with Crippen molar-refractivity contribution in [3.05, 3.63) is 53.6 Å². The summed E-state index contributed by atoms with van der Waals surface area (Å²) in [4.78, 5) is 11.7. The minimum atomic E-state index is -4.49. The fourth-order valence-corrected chi connectivity index (χ4v) is 1.92. The zero-order valence-electron chi connectivity index (χ0n) is 12.1. The maximum Gasteiger partial charge on any atom is 0.416 e. The molecule has 4 nitrogen and oxygen atoms in total. The van der Waals surface area contributed by atoms with Gasteiger partial charge in [-0.05, 0) is 36.8 Å². The Morgan fingerprint density at radius 2 is 1.91 bits per heavy atom. The van der Waals surface area contributed by atoms with Crippen LogP contribution in [0.1, 0.15) is 11.1 Å². The number of anilines is 1. The number of aryl methyl sites for hydroxylation is 1. The van der Waals surface area contributed by atoms with Crippen LogP contribution in [0.3, 0.4) is 0 Å². The summed E-state index contributed by atoms with van der Waals surface area (Å²) >= 11 is 0. The Morgan fingerprint density at radius 1 is 1.22 bits per heavy atom. The van der Waals surface area contributed by atoms with Gasteiger partial charge in [-0.3, -0.25) is 4.79 Å². The number of hydrogen-bond acceptors (Lipinski definition) is 3. The smallest absolute Gasteiger partial charge is 0.416 e. The van der Waals surface area contributed by atoms with Crippen molar-refractivity contribution in [2.75, 3.05) is 11.9 Å². The molecule has 0 saturated carbocycles. The fraction of sp³-hybridized carbons (Fsp3) is 0.188. The van der Waals surface area contributed by atoms with Crippen molar-refractivity contribution in [2.45, 2.75) is 13.1 Å². The van der Waals surface area contributed by atoms with Crippen molar-refractivity contribution in [3.8, 4) is 11.5 Å². The number of hydrogen-bond donors (Lipinski definition) is 2. The number of carbonyl (C=O) groups is 1. The third-order valence-corrected chi connectivity index (χ3v) is 3.05. The van der Waals surface area contributed by atoms with Gasteiger partial charge in [0, 0.05) is 5.69 Å². The van der Waals surface area contributed by atoms with Crippen molar-refractivity contribution in [1.29, 1.82) is 0 Å². The molecule has 0 spiro atoms.